The fourth-order valence-electron chi connectivity index (χ4n) is 3.44. The van der Waals surface area contributed by atoms with Crippen molar-refractivity contribution in [1.82, 2.24) is 19.8 Å². The molecule has 28 heavy (non-hydrogen) atoms. The van der Waals surface area contributed by atoms with Crippen molar-refractivity contribution >= 4 is 40.7 Å². The molecule has 0 aliphatic carbocycles. The Labute approximate surface area is 180 Å². The molecule has 160 valence electrons. The zero-order chi connectivity index (χ0) is 18.6. The number of nitrogens with zero attached hydrogens (tertiary/aromatic N) is 2. The summed E-state index contributed by atoms with van der Waals surface area (Å²) in [5, 5.41) is 6.35. The second-order valence-electron chi connectivity index (χ2n) is 7.10. The quantitative estimate of drug-likeness (QED) is 0.696. The van der Waals surface area contributed by atoms with Crippen LogP contribution in [0.3, 0.4) is 0 Å². The van der Waals surface area contributed by atoms with Gasteiger partial charge in [0.15, 0.2) is 0 Å². The molecule has 0 saturated carbocycles. The molecule has 1 atom stereocenters. The molecule has 0 unspecified atom stereocenters. The first-order valence-corrected chi connectivity index (χ1v) is 10.7. The van der Waals surface area contributed by atoms with Crippen LogP contribution in [0.25, 0.3) is 0 Å². The first kappa shape index (κ1) is 25.1. The van der Waals surface area contributed by atoms with E-state index in [4.69, 9.17) is 0 Å². The third-order valence-corrected chi connectivity index (χ3v) is 6.93. The Bertz CT molecular complexity index is 717. The van der Waals surface area contributed by atoms with Gasteiger partial charge in [-0.1, -0.05) is 17.7 Å². The molecular formula is C18H30Cl2N4O3S. The fourth-order valence-corrected chi connectivity index (χ4v) is 4.86. The summed E-state index contributed by atoms with van der Waals surface area (Å²) in [6.45, 7) is 6.07. The van der Waals surface area contributed by atoms with Crippen molar-refractivity contribution in [1.29, 1.82) is 0 Å². The number of rotatable bonds is 5. The number of hydrogen-bond acceptors (Lipinski definition) is 5. The molecule has 3 rings (SSSR count). The van der Waals surface area contributed by atoms with E-state index >= 15 is 0 Å². The Morgan fingerprint density at radius 1 is 1.14 bits per heavy atom. The molecule has 2 saturated heterocycles. The lowest BCUT2D eigenvalue weighted by Gasteiger charge is -2.34. The number of amides is 1. The number of sulfonamides is 1. The Hall–Kier alpha value is -0.900. The first-order chi connectivity index (χ1) is 12.4. The second-order valence-corrected chi connectivity index (χ2v) is 9.04. The summed E-state index contributed by atoms with van der Waals surface area (Å²) in [6, 6.07) is 7.14. The van der Waals surface area contributed by atoms with E-state index in [2.05, 4.69) is 10.6 Å². The minimum Gasteiger partial charge on any atom is -0.351 e. The monoisotopic (exact) mass is 452 g/mol. The Balaban J connectivity index is 0.00000196. The summed E-state index contributed by atoms with van der Waals surface area (Å²) in [4.78, 5) is 14.6. The maximum atomic E-state index is 12.7. The lowest BCUT2D eigenvalue weighted by Crippen LogP contribution is -2.53. The molecular weight excluding hydrogens is 423 g/mol. The van der Waals surface area contributed by atoms with Gasteiger partial charge < -0.3 is 10.6 Å². The van der Waals surface area contributed by atoms with Gasteiger partial charge in [0.05, 0.1) is 11.4 Å². The molecule has 1 amide bonds. The molecule has 7 nitrogen and oxygen atoms in total. The van der Waals surface area contributed by atoms with E-state index in [0.29, 0.717) is 37.6 Å². The van der Waals surface area contributed by atoms with E-state index in [9.17, 15) is 13.2 Å². The van der Waals surface area contributed by atoms with Gasteiger partial charge in [-0.2, -0.15) is 4.31 Å². The highest BCUT2D eigenvalue weighted by Crippen LogP contribution is 2.18. The van der Waals surface area contributed by atoms with Crippen molar-refractivity contribution in [3.05, 3.63) is 29.8 Å². The predicted octanol–water partition coefficient (Wildman–Crippen LogP) is 1.01. The maximum Gasteiger partial charge on any atom is 0.243 e. The van der Waals surface area contributed by atoms with Crippen LogP contribution in [-0.2, 0) is 14.8 Å². The van der Waals surface area contributed by atoms with Crippen LogP contribution in [0.2, 0.25) is 0 Å². The number of piperazine rings is 1. The van der Waals surface area contributed by atoms with Crippen molar-refractivity contribution in [2.75, 3.05) is 45.8 Å². The number of halogens is 2. The standard InChI is InChI=1S/C18H28N4O3S.2ClH/c1-15-4-6-17(7-5-15)26(24,25)22-11-9-21(10-12-22)14-18(23)20-16-3-2-8-19-13-16;;/h4-7,16,19H,2-3,8-14H2,1H3,(H,20,23);2*1H/t16-;;/m0../s1. The Morgan fingerprint density at radius 3 is 2.36 bits per heavy atom. The third-order valence-electron chi connectivity index (χ3n) is 5.02. The zero-order valence-electron chi connectivity index (χ0n) is 16.1. The number of hydrogen-bond donors (Lipinski definition) is 2. The van der Waals surface area contributed by atoms with E-state index in [1.807, 2.05) is 24.0 Å². The molecule has 2 aliphatic rings. The number of aryl methyl sites for hydroxylation is 1. The van der Waals surface area contributed by atoms with Crippen LogP contribution >= 0.6 is 24.8 Å². The molecule has 10 heteroatoms. The van der Waals surface area contributed by atoms with Gasteiger partial charge in [-0.05, 0) is 38.4 Å². The molecule has 2 aliphatic heterocycles. The van der Waals surface area contributed by atoms with E-state index in [0.717, 1.165) is 31.5 Å². The van der Waals surface area contributed by atoms with Gasteiger partial charge in [0.25, 0.3) is 0 Å². The molecule has 1 aromatic rings. The zero-order valence-corrected chi connectivity index (χ0v) is 18.5. The lowest BCUT2D eigenvalue weighted by atomic mass is 10.1. The van der Waals surface area contributed by atoms with Crippen LogP contribution in [0.1, 0.15) is 18.4 Å². The van der Waals surface area contributed by atoms with Gasteiger partial charge >= 0.3 is 0 Å². The largest absolute Gasteiger partial charge is 0.351 e. The molecule has 2 fully saturated rings. The first-order valence-electron chi connectivity index (χ1n) is 9.24. The van der Waals surface area contributed by atoms with Gasteiger partial charge in [-0.3, -0.25) is 9.69 Å². The summed E-state index contributed by atoms with van der Waals surface area (Å²) in [7, 11) is -3.46. The van der Waals surface area contributed by atoms with Gasteiger partial charge in [-0.25, -0.2) is 8.42 Å². The van der Waals surface area contributed by atoms with Crippen LogP contribution in [0, 0.1) is 6.92 Å². The number of nitrogens with one attached hydrogen (secondary N) is 2. The Kier molecular flexibility index (Phi) is 10.2. The minimum absolute atomic E-state index is 0. The smallest absolute Gasteiger partial charge is 0.243 e. The summed E-state index contributed by atoms with van der Waals surface area (Å²) < 4.78 is 26.9. The van der Waals surface area contributed by atoms with E-state index < -0.39 is 10.0 Å². The summed E-state index contributed by atoms with van der Waals surface area (Å²) >= 11 is 0. The van der Waals surface area contributed by atoms with Gasteiger partial charge in [-0.15, -0.1) is 24.8 Å². The fraction of sp³-hybridized carbons (Fsp3) is 0.611. The van der Waals surface area contributed by atoms with Crippen LogP contribution in [0.4, 0.5) is 0 Å². The van der Waals surface area contributed by atoms with Crippen molar-refractivity contribution in [2.24, 2.45) is 0 Å². The van der Waals surface area contributed by atoms with Gasteiger partial charge in [0.1, 0.15) is 0 Å². The second kappa shape index (κ2) is 11.3. The third kappa shape index (κ3) is 6.57. The molecule has 2 heterocycles. The number of carbonyl (C=O) groups excluding carboxylic acids is 1. The predicted molar refractivity (Wildman–Crippen MR) is 115 cm³/mol. The highest BCUT2D eigenvalue weighted by Gasteiger charge is 2.29. The van der Waals surface area contributed by atoms with Crippen LogP contribution in [0.15, 0.2) is 29.2 Å². The molecule has 1 aromatic carbocycles. The maximum absolute atomic E-state index is 12.7. The van der Waals surface area contributed by atoms with Crippen molar-refractivity contribution in [2.45, 2.75) is 30.7 Å². The molecule has 2 N–H and O–H groups in total. The SMILES string of the molecule is Cc1ccc(S(=O)(=O)N2CCN(CC(=O)N[C@H]3CCCNC3)CC2)cc1.Cl.Cl. The van der Waals surface area contributed by atoms with Gasteiger partial charge in [0.2, 0.25) is 15.9 Å². The van der Waals surface area contributed by atoms with Crippen molar-refractivity contribution in [3.8, 4) is 0 Å². The van der Waals surface area contributed by atoms with Crippen LogP contribution in [0.5, 0.6) is 0 Å². The molecule has 0 radical (unpaired) electrons. The Morgan fingerprint density at radius 2 is 1.79 bits per heavy atom. The van der Waals surface area contributed by atoms with Gasteiger partial charge in [0, 0.05) is 38.8 Å². The van der Waals surface area contributed by atoms with Crippen molar-refractivity contribution < 1.29 is 13.2 Å². The molecule has 0 aromatic heterocycles. The number of piperidine rings is 1. The molecule has 0 spiro atoms. The number of benzene rings is 1. The number of carbonyl (C=O) groups is 1. The van der Waals surface area contributed by atoms with Crippen LogP contribution < -0.4 is 10.6 Å². The summed E-state index contributed by atoms with van der Waals surface area (Å²) in [5.41, 5.74) is 1.04. The minimum atomic E-state index is -3.46. The molecule has 0 bridgehead atoms. The van der Waals surface area contributed by atoms with E-state index in [1.165, 1.54) is 4.31 Å². The highest BCUT2D eigenvalue weighted by atomic mass is 35.5. The average Bonchev–Trinajstić information content (AvgIpc) is 2.63. The summed E-state index contributed by atoms with van der Waals surface area (Å²) in [6.07, 6.45) is 2.10. The van der Waals surface area contributed by atoms with E-state index in [-0.39, 0.29) is 36.8 Å². The average molecular weight is 453 g/mol. The highest BCUT2D eigenvalue weighted by molar-refractivity contribution is 7.89. The topological polar surface area (TPSA) is 81.8 Å². The van der Waals surface area contributed by atoms with Crippen LogP contribution in [-0.4, -0.2) is 75.4 Å². The summed E-state index contributed by atoms with van der Waals surface area (Å²) in [5.74, 6) is 0.0218. The lowest BCUT2D eigenvalue weighted by molar-refractivity contribution is -0.123. The normalized spacial score (nSPS) is 21.2. The van der Waals surface area contributed by atoms with E-state index in [1.54, 1.807) is 12.1 Å². The van der Waals surface area contributed by atoms with Crippen molar-refractivity contribution in [3.63, 3.8) is 0 Å².